The Kier molecular flexibility index (Phi) is 6.17. The first-order valence-electron chi connectivity index (χ1n) is 9.65. The van der Waals surface area contributed by atoms with Gasteiger partial charge in [0, 0.05) is 51.4 Å². The van der Waals surface area contributed by atoms with E-state index in [1.165, 1.54) is 11.3 Å². The molecule has 4 rings (SSSR count). The molecule has 0 spiro atoms. The smallest absolute Gasteiger partial charge is 0.300 e. The molecule has 5 nitrogen and oxygen atoms in total. The van der Waals surface area contributed by atoms with Gasteiger partial charge in [0.15, 0.2) is 0 Å². The zero-order valence-corrected chi connectivity index (χ0v) is 18.3. The molecule has 2 aromatic heterocycles. The van der Waals surface area contributed by atoms with Crippen LogP contribution in [-0.4, -0.2) is 27.1 Å². The normalized spacial score (nSPS) is 10.7. The summed E-state index contributed by atoms with van der Waals surface area (Å²) in [6, 6.07) is 16.0. The molecule has 0 fully saturated rings. The first-order valence-corrected chi connectivity index (χ1v) is 10.5. The Labute approximate surface area is 179 Å². The largest absolute Gasteiger partial charge is 0.481 e. The fourth-order valence-corrected chi connectivity index (χ4v) is 4.35. The Morgan fingerprint density at radius 3 is 1.97 bits per heavy atom. The van der Waals surface area contributed by atoms with E-state index in [0.29, 0.717) is 11.3 Å². The van der Waals surface area contributed by atoms with E-state index in [1.54, 1.807) is 6.92 Å². The molecule has 0 aliphatic rings. The summed E-state index contributed by atoms with van der Waals surface area (Å²) >= 11 is 1.53. The fraction of sp³-hybridized carbons (Fsp3) is 0.208. The van der Waals surface area contributed by atoms with Crippen LogP contribution in [0.3, 0.4) is 0 Å². The molecule has 2 heterocycles. The van der Waals surface area contributed by atoms with Gasteiger partial charge in [-0.3, -0.25) is 9.59 Å². The first-order chi connectivity index (χ1) is 14.2. The highest BCUT2D eigenvalue weighted by Crippen LogP contribution is 2.32. The van der Waals surface area contributed by atoms with Gasteiger partial charge >= 0.3 is 0 Å². The number of ketones is 1. The lowest BCUT2D eigenvalue weighted by Crippen LogP contribution is -1.98. The van der Waals surface area contributed by atoms with Crippen LogP contribution in [0.2, 0.25) is 0 Å². The van der Waals surface area contributed by atoms with Crippen molar-refractivity contribution in [2.75, 3.05) is 0 Å². The molecule has 0 unspecified atom stereocenters. The van der Waals surface area contributed by atoms with Crippen molar-refractivity contribution in [1.29, 1.82) is 5.41 Å². The predicted molar refractivity (Wildman–Crippen MR) is 123 cm³/mol. The molecule has 2 N–H and O–H groups in total. The van der Waals surface area contributed by atoms with Gasteiger partial charge in [0.1, 0.15) is 0 Å². The molecule has 4 aromatic rings. The maximum Gasteiger partial charge on any atom is 0.300 e. The van der Waals surface area contributed by atoms with Crippen molar-refractivity contribution >= 4 is 50.6 Å². The SMILES string of the molecule is CC(=O)O.CCn1c2ccc(C(C)=N)cc2c2cc(C(=O)c3ccc(C)s3)ccc21. The van der Waals surface area contributed by atoms with Gasteiger partial charge in [0.05, 0.1) is 4.88 Å². The van der Waals surface area contributed by atoms with E-state index in [4.69, 9.17) is 15.3 Å². The third kappa shape index (κ3) is 4.19. The Morgan fingerprint density at radius 1 is 0.967 bits per heavy atom. The molecule has 0 saturated carbocycles. The van der Waals surface area contributed by atoms with E-state index in [9.17, 15) is 4.79 Å². The molecule has 154 valence electrons. The quantitative estimate of drug-likeness (QED) is 0.319. The van der Waals surface area contributed by atoms with Crippen molar-refractivity contribution in [2.45, 2.75) is 34.2 Å². The van der Waals surface area contributed by atoms with E-state index in [-0.39, 0.29) is 5.78 Å². The van der Waals surface area contributed by atoms with Gasteiger partial charge in [-0.05, 0) is 68.8 Å². The van der Waals surface area contributed by atoms with E-state index >= 15 is 0 Å². The number of benzene rings is 2. The van der Waals surface area contributed by atoms with Crippen LogP contribution in [0.15, 0.2) is 48.5 Å². The Balaban J connectivity index is 0.000000589. The summed E-state index contributed by atoms with van der Waals surface area (Å²) in [6.45, 7) is 7.89. The summed E-state index contributed by atoms with van der Waals surface area (Å²) in [5, 5.41) is 17.5. The van der Waals surface area contributed by atoms with Crippen LogP contribution in [0.25, 0.3) is 21.8 Å². The second-order valence-electron chi connectivity index (χ2n) is 7.09. The highest BCUT2D eigenvalue weighted by Gasteiger charge is 2.16. The lowest BCUT2D eigenvalue weighted by molar-refractivity contribution is -0.134. The molecule has 6 heteroatoms. The number of aliphatic carboxylic acids is 1. The van der Waals surface area contributed by atoms with Gasteiger partial charge in [0.2, 0.25) is 5.78 Å². The zero-order valence-electron chi connectivity index (χ0n) is 17.4. The number of hydrogen-bond donors (Lipinski definition) is 2. The Bertz CT molecular complexity index is 1280. The number of carboxylic acid groups (broad SMARTS) is 1. The van der Waals surface area contributed by atoms with Crippen LogP contribution < -0.4 is 0 Å². The number of carboxylic acids is 1. The average molecular weight is 421 g/mol. The van der Waals surface area contributed by atoms with Crippen LogP contribution in [0, 0.1) is 12.3 Å². The average Bonchev–Trinajstić information content (AvgIpc) is 3.27. The lowest BCUT2D eigenvalue weighted by Gasteiger charge is -2.04. The van der Waals surface area contributed by atoms with Crippen molar-refractivity contribution in [3.05, 3.63) is 69.4 Å². The van der Waals surface area contributed by atoms with Crippen LogP contribution in [-0.2, 0) is 11.3 Å². The third-order valence-electron chi connectivity index (χ3n) is 4.84. The number of aryl methyl sites for hydroxylation is 2. The van der Waals surface area contributed by atoms with Crippen LogP contribution in [0.4, 0.5) is 0 Å². The number of hydrogen-bond acceptors (Lipinski definition) is 4. The zero-order chi connectivity index (χ0) is 22.0. The number of aromatic nitrogens is 1. The highest BCUT2D eigenvalue weighted by molar-refractivity contribution is 7.14. The van der Waals surface area contributed by atoms with Crippen molar-refractivity contribution in [3.63, 3.8) is 0 Å². The molecule has 2 aromatic carbocycles. The van der Waals surface area contributed by atoms with Gasteiger partial charge in [-0.25, -0.2) is 0 Å². The minimum atomic E-state index is -0.833. The minimum absolute atomic E-state index is 0.0711. The standard InChI is InChI=1S/C22H20N2OS.C2H4O2/c1-4-24-19-8-6-15(14(3)23)11-17(19)18-12-16(7-9-20(18)24)22(25)21-10-5-13(2)26-21;1-2(3)4/h5-12,23H,4H2,1-3H3;1H3,(H,3,4). The maximum atomic E-state index is 12.9. The molecule has 0 saturated heterocycles. The fourth-order valence-electron chi connectivity index (χ4n) is 3.52. The highest BCUT2D eigenvalue weighted by atomic mass is 32.1. The van der Waals surface area contributed by atoms with Crippen molar-refractivity contribution in [2.24, 2.45) is 0 Å². The predicted octanol–water partition coefficient (Wildman–Crippen LogP) is 5.89. The summed E-state index contributed by atoms with van der Waals surface area (Å²) in [7, 11) is 0. The van der Waals surface area contributed by atoms with Crippen LogP contribution >= 0.6 is 11.3 Å². The number of nitrogens with one attached hydrogen (secondary N) is 1. The van der Waals surface area contributed by atoms with Crippen molar-refractivity contribution in [1.82, 2.24) is 4.57 Å². The first kappa shape index (κ1) is 21.5. The molecule has 0 atom stereocenters. The Hall–Kier alpha value is -3.25. The van der Waals surface area contributed by atoms with E-state index in [0.717, 1.165) is 50.6 Å². The van der Waals surface area contributed by atoms with Gasteiger partial charge in [0.25, 0.3) is 5.97 Å². The van der Waals surface area contributed by atoms with Gasteiger partial charge in [-0.1, -0.05) is 6.07 Å². The number of thiophene rings is 1. The second kappa shape index (κ2) is 8.63. The van der Waals surface area contributed by atoms with E-state index in [2.05, 4.69) is 23.6 Å². The van der Waals surface area contributed by atoms with E-state index < -0.39 is 5.97 Å². The summed E-state index contributed by atoms with van der Waals surface area (Å²) in [5.74, 6) is -0.762. The number of carbonyl (C=O) groups is 2. The van der Waals surface area contributed by atoms with Gasteiger partial charge in [-0.2, -0.15) is 0 Å². The van der Waals surface area contributed by atoms with Gasteiger partial charge in [-0.15, -0.1) is 11.3 Å². The molecule has 30 heavy (non-hydrogen) atoms. The number of nitrogens with zero attached hydrogens (tertiary/aromatic N) is 1. The molecule has 0 radical (unpaired) electrons. The molecular weight excluding hydrogens is 396 g/mol. The maximum absolute atomic E-state index is 12.9. The summed E-state index contributed by atoms with van der Waals surface area (Å²) in [4.78, 5) is 23.8. The molecule has 0 aliphatic carbocycles. The minimum Gasteiger partial charge on any atom is -0.481 e. The number of carbonyl (C=O) groups excluding carboxylic acids is 1. The van der Waals surface area contributed by atoms with Crippen LogP contribution in [0.5, 0.6) is 0 Å². The monoisotopic (exact) mass is 420 g/mol. The second-order valence-corrected chi connectivity index (χ2v) is 8.38. The molecular formula is C24H24N2O3S. The van der Waals surface area contributed by atoms with Crippen LogP contribution in [0.1, 0.15) is 46.4 Å². The van der Waals surface area contributed by atoms with E-state index in [1.807, 2.05) is 43.3 Å². The summed E-state index contributed by atoms with van der Waals surface area (Å²) < 4.78 is 2.26. The Morgan fingerprint density at radius 2 is 1.50 bits per heavy atom. The summed E-state index contributed by atoms with van der Waals surface area (Å²) in [6.07, 6.45) is 0. The number of rotatable bonds is 4. The molecule has 0 aliphatic heterocycles. The molecule has 0 bridgehead atoms. The molecule has 0 amide bonds. The summed E-state index contributed by atoms with van der Waals surface area (Å²) in [5.41, 5.74) is 4.44. The number of fused-ring (bicyclic) bond motifs is 3. The lowest BCUT2D eigenvalue weighted by atomic mass is 10.0. The van der Waals surface area contributed by atoms with Crippen molar-refractivity contribution in [3.8, 4) is 0 Å². The van der Waals surface area contributed by atoms with Gasteiger partial charge < -0.3 is 15.1 Å². The topological polar surface area (TPSA) is 83.2 Å². The third-order valence-corrected chi connectivity index (χ3v) is 5.84. The van der Waals surface area contributed by atoms with Crippen molar-refractivity contribution < 1.29 is 14.7 Å².